The van der Waals surface area contributed by atoms with Gasteiger partial charge in [0.2, 0.25) is 10.0 Å². The smallest absolute Gasteiger partial charge is 0.240 e. The third-order valence-electron chi connectivity index (χ3n) is 3.75. The van der Waals surface area contributed by atoms with Crippen LogP contribution in [0.2, 0.25) is 0 Å². The van der Waals surface area contributed by atoms with Gasteiger partial charge in [-0.1, -0.05) is 18.2 Å². The zero-order valence-electron chi connectivity index (χ0n) is 13.5. The maximum absolute atomic E-state index is 12.5. The maximum atomic E-state index is 12.5. The van der Waals surface area contributed by atoms with Gasteiger partial charge in [-0.2, -0.15) is 5.10 Å². The van der Waals surface area contributed by atoms with E-state index >= 15 is 0 Å². The van der Waals surface area contributed by atoms with Crippen LogP contribution in [-0.4, -0.2) is 30.5 Å². The molecule has 6 nitrogen and oxygen atoms in total. The minimum Gasteiger partial charge on any atom is -0.295 e. The van der Waals surface area contributed by atoms with Crippen molar-refractivity contribution >= 4 is 27.1 Å². The van der Waals surface area contributed by atoms with Crippen molar-refractivity contribution in [1.82, 2.24) is 14.5 Å². The van der Waals surface area contributed by atoms with Crippen LogP contribution in [0.5, 0.6) is 0 Å². The summed E-state index contributed by atoms with van der Waals surface area (Å²) in [7, 11) is -3.68. The molecule has 2 heterocycles. The molecule has 3 rings (SSSR count). The lowest BCUT2D eigenvalue weighted by Crippen LogP contribution is -2.31. The lowest BCUT2D eigenvalue weighted by Gasteiger charge is -2.17. The normalized spacial score (nSPS) is 12.8. The highest BCUT2D eigenvalue weighted by Gasteiger charge is 2.20. The summed E-state index contributed by atoms with van der Waals surface area (Å²) in [5, 5.41) is 6.17. The van der Waals surface area contributed by atoms with Crippen LogP contribution in [0.25, 0.3) is 0 Å². The minimum absolute atomic E-state index is 0.103. The topological polar surface area (TPSA) is 81.1 Å². The first-order valence-corrected chi connectivity index (χ1v) is 9.97. The first-order chi connectivity index (χ1) is 12.0. The Morgan fingerprint density at radius 1 is 1.24 bits per heavy atom. The van der Waals surface area contributed by atoms with E-state index in [1.54, 1.807) is 34.5 Å². The van der Waals surface area contributed by atoms with Crippen LogP contribution < -0.4 is 4.72 Å². The first-order valence-electron chi connectivity index (χ1n) is 7.60. The quantitative estimate of drug-likeness (QED) is 0.644. The molecule has 1 unspecified atom stereocenters. The predicted molar refractivity (Wildman–Crippen MR) is 96.3 cm³/mol. The van der Waals surface area contributed by atoms with Crippen molar-refractivity contribution in [2.45, 2.75) is 17.9 Å². The van der Waals surface area contributed by atoms with Crippen molar-refractivity contribution in [3.63, 3.8) is 0 Å². The van der Waals surface area contributed by atoms with Gasteiger partial charge in [-0.05, 0) is 36.6 Å². The summed E-state index contributed by atoms with van der Waals surface area (Å²) in [5.41, 5.74) is 0.479. The van der Waals surface area contributed by atoms with Crippen LogP contribution in [0.4, 0.5) is 0 Å². The van der Waals surface area contributed by atoms with Crippen molar-refractivity contribution in [2.24, 2.45) is 0 Å². The zero-order valence-corrected chi connectivity index (χ0v) is 15.1. The van der Waals surface area contributed by atoms with Crippen LogP contribution in [-0.2, 0) is 10.0 Å². The standard InChI is InChI=1S/C17H17N3O3S2/c1-13(21)14-5-7-15(8-6-14)25(22,23)19-12-16(17-4-2-11-24-17)20-10-3-9-18-20/h2-11,16,19H,12H2,1H3. The Bertz CT molecular complexity index is 897. The first kappa shape index (κ1) is 17.5. The second-order valence-corrected chi connectivity index (χ2v) is 8.20. The molecule has 0 bridgehead atoms. The second-order valence-electron chi connectivity index (χ2n) is 5.45. The van der Waals surface area contributed by atoms with E-state index in [9.17, 15) is 13.2 Å². The average molecular weight is 375 g/mol. The summed E-state index contributed by atoms with van der Waals surface area (Å²) < 4.78 is 29.4. The van der Waals surface area contributed by atoms with Crippen LogP contribution in [0.15, 0.2) is 65.1 Å². The average Bonchev–Trinajstić information content (AvgIpc) is 3.29. The monoisotopic (exact) mass is 375 g/mol. The van der Waals surface area contributed by atoms with Crippen LogP contribution in [0, 0.1) is 0 Å². The summed E-state index contributed by atoms with van der Waals surface area (Å²) in [4.78, 5) is 12.5. The van der Waals surface area contributed by atoms with Gasteiger partial charge in [0.15, 0.2) is 5.78 Å². The number of sulfonamides is 1. The molecule has 0 amide bonds. The molecule has 1 atom stereocenters. The van der Waals surface area contributed by atoms with Crippen LogP contribution in [0.1, 0.15) is 28.2 Å². The number of rotatable bonds is 7. The number of Topliss-reactive ketones (excluding diaryl/α,β-unsaturated/α-hetero) is 1. The van der Waals surface area contributed by atoms with E-state index in [0.717, 1.165) is 4.88 Å². The van der Waals surface area contributed by atoms with Crippen LogP contribution in [0.3, 0.4) is 0 Å². The van der Waals surface area contributed by atoms with E-state index in [2.05, 4.69) is 9.82 Å². The van der Waals surface area contributed by atoms with Gasteiger partial charge in [-0.15, -0.1) is 11.3 Å². The summed E-state index contributed by atoms with van der Waals surface area (Å²) in [5.74, 6) is -0.103. The predicted octanol–water partition coefficient (Wildman–Crippen LogP) is 2.72. The molecule has 0 aliphatic carbocycles. The van der Waals surface area contributed by atoms with E-state index in [1.807, 2.05) is 17.5 Å². The molecule has 0 aliphatic rings. The fourth-order valence-corrected chi connectivity index (χ4v) is 4.27. The Balaban J connectivity index is 1.79. The largest absolute Gasteiger partial charge is 0.295 e. The van der Waals surface area contributed by atoms with E-state index in [0.29, 0.717) is 5.56 Å². The number of ketones is 1. The fourth-order valence-electron chi connectivity index (χ4n) is 2.41. The number of carbonyl (C=O) groups excluding carboxylic acids is 1. The Kier molecular flexibility index (Phi) is 5.12. The molecule has 1 aromatic carbocycles. The second kappa shape index (κ2) is 7.30. The molecule has 25 heavy (non-hydrogen) atoms. The highest BCUT2D eigenvalue weighted by atomic mass is 32.2. The number of hydrogen-bond acceptors (Lipinski definition) is 5. The van der Waals surface area contributed by atoms with Gasteiger partial charge in [-0.3, -0.25) is 9.48 Å². The van der Waals surface area contributed by atoms with E-state index in [4.69, 9.17) is 0 Å². The summed E-state index contributed by atoms with van der Waals surface area (Å²) >= 11 is 1.55. The highest BCUT2D eigenvalue weighted by Crippen LogP contribution is 2.22. The van der Waals surface area contributed by atoms with Gasteiger partial charge in [0.05, 0.1) is 10.9 Å². The molecule has 3 aromatic rings. The molecule has 0 radical (unpaired) electrons. The SMILES string of the molecule is CC(=O)c1ccc(S(=O)(=O)NCC(c2cccs2)n2cccn2)cc1. The fraction of sp³-hybridized carbons (Fsp3) is 0.176. The van der Waals surface area contributed by atoms with Gasteiger partial charge in [0.25, 0.3) is 0 Å². The number of hydrogen-bond donors (Lipinski definition) is 1. The molecular formula is C17H17N3O3S2. The Labute approximate surface area is 150 Å². The minimum atomic E-state index is -3.68. The van der Waals surface area contributed by atoms with Gasteiger partial charge >= 0.3 is 0 Å². The molecule has 1 N–H and O–H groups in total. The van der Waals surface area contributed by atoms with Crippen molar-refractivity contribution in [1.29, 1.82) is 0 Å². The molecule has 0 saturated heterocycles. The summed E-state index contributed by atoms with van der Waals surface area (Å²) in [6.07, 6.45) is 3.47. The van der Waals surface area contributed by atoms with Crippen molar-refractivity contribution < 1.29 is 13.2 Å². The molecule has 0 spiro atoms. The van der Waals surface area contributed by atoms with Gasteiger partial charge in [0, 0.05) is 29.4 Å². The third kappa shape index (κ3) is 4.04. The third-order valence-corrected chi connectivity index (χ3v) is 6.17. The number of benzene rings is 1. The van der Waals surface area contributed by atoms with E-state index < -0.39 is 10.0 Å². The number of nitrogens with zero attached hydrogens (tertiary/aromatic N) is 2. The molecule has 0 aliphatic heterocycles. The van der Waals surface area contributed by atoms with Crippen molar-refractivity contribution in [2.75, 3.05) is 6.54 Å². The Hall–Kier alpha value is -2.29. The van der Waals surface area contributed by atoms with Crippen molar-refractivity contribution in [3.05, 3.63) is 70.7 Å². The lowest BCUT2D eigenvalue weighted by atomic mass is 10.2. The van der Waals surface area contributed by atoms with E-state index in [-0.39, 0.29) is 23.3 Å². The van der Waals surface area contributed by atoms with Gasteiger partial charge in [0.1, 0.15) is 0 Å². The van der Waals surface area contributed by atoms with Crippen LogP contribution >= 0.6 is 11.3 Å². The molecular weight excluding hydrogens is 358 g/mol. The van der Waals surface area contributed by atoms with Gasteiger partial charge in [-0.25, -0.2) is 13.1 Å². The number of aromatic nitrogens is 2. The molecule has 8 heteroatoms. The summed E-state index contributed by atoms with van der Waals surface area (Å²) in [6, 6.07) is 11.4. The maximum Gasteiger partial charge on any atom is 0.240 e. The lowest BCUT2D eigenvalue weighted by molar-refractivity contribution is 0.101. The van der Waals surface area contributed by atoms with E-state index in [1.165, 1.54) is 31.2 Å². The Morgan fingerprint density at radius 2 is 2.00 bits per heavy atom. The molecule has 0 fully saturated rings. The highest BCUT2D eigenvalue weighted by molar-refractivity contribution is 7.89. The molecule has 2 aromatic heterocycles. The number of nitrogens with one attached hydrogen (secondary N) is 1. The van der Waals surface area contributed by atoms with Crippen molar-refractivity contribution in [3.8, 4) is 0 Å². The summed E-state index contributed by atoms with van der Waals surface area (Å²) in [6.45, 7) is 1.62. The zero-order chi connectivity index (χ0) is 17.9. The molecule has 0 saturated carbocycles. The van der Waals surface area contributed by atoms with Gasteiger partial charge < -0.3 is 0 Å². The number of thiophene rings is 1. The molecule has 130 valence electrons. The Morgan fingerprint density at radius 3 is 2.56 bits per heavy atom. The number of carbonyl (C=O) groups is 1.